The molecule has 0 N–H and O–H groups in total. The first-order chi connectivity index (χ1) is 17.8. The predicted octanol–water partition coefficient (Wildman–Crippen LogP) is 6.98. The van der Waals surface area contributed by atoms with Crippen molar-refractivity contribution in [3.8, 4) is 0 Å². The molecule has 0 radical (unpaired) electrons. The molecular formula is C34H20O2Pd. The van der Waals surface area contributed by atoms with Gasteiger partial charge in [0.1, 0.15) is 0 Å². The number of benzene rings is 4. The molecule has 0 saturated carbocycles. The third-order valence-electron chi connectivity index (χ3n) is 7.16. The van der Waals surface area contributed by atoms with Crippen LogP contribution in [0, 0.1) is 0 Å². The zero-order valence-corrected chi connectivity index (χ0v) is 21.2. The molecule has 0 amide bonds. The molecule has 178 valence electrons. The molecule has 0 heterocycles. The van der Waals surface area contributed by atoms with E-state index in [1.807, 2.05) is 72.8 Å². The summed E-state index contributed by atoms with van der Waals surface area (Å²) in [5.41, 5.74) is 12.9. The molecule has 3 heteroatoms. The quantitative estimate of drug-likeness (QED) is 0.250. The van der Waals surface area contributed by atoms with Gasteiger partial charge in [-0.15, -0.1) is 0 Å². The van der Waals surface area contributed by atoms with Crippen LogP contribution in [0.5, 0.6) is 0 Å². The summed E-state index contributed by atoms with van der Waals surface area (Å²) in [6.45, 7) is 0. The van der Waals surface area contributed by atoms with Gasteiger partial charge >= 0.3 is 0 Å². The van der Waals surface area contributed by atoms with Crippen LogP contribution in [0.15, 0.2) is 144 Å². The number of hydrogen-bond donors (Lipinski definition) is 0. The fraction of sp³-hybridized carbons (Fsp3) is 0. The van der Waals surface area contributed by atoms with Crippen LogP contribution < -0.4 is 0 Å². The van der Waals surface area contributed by atoms with Crippen LogP contribution in [0.2, 0.25) is 0 Å². The molecule has 0 aromatic heterocycles. The first kappa shape index (κ1) is 23.3. The van der Waals surface area contributed by atoms with Gasteiger partial charge in [-0.05, 0) is 22.3 Å². The summed E-state index contributed by atoms with van der Waals surface area (Å²) in [5.74, 6) is 0.459. The van der Waals surface area contributed by atoms with E-state index in [2.05, 4.69) is 48.5 Å². The van der Waals surface area contributed by atoms with Gasteiger partial charge in [0.15, 0.2) is 11.6 Å². The minimum atomic E-state index is 0. The van der Waals surface area contributed by atoms with E-state index in [-0.39, 0.29) is 32.0 Å². The number of allylic oxidation sites excluding steroid dienone is 8. The summed E-state index contributed by atoms with van der Waals surface area (Å²) in [6.07, 6.45) is 0. The molecule has 6 aliphatic rings. The van der Waals surface area contributed by atoms with Gasteiger partial charge in [0, 0.05) is 65.0 Å². The van der Waals surface area contributed by atoms with E-state index in [0.717, 1.165) is 66.8 Å². The number of carbonyl (C=O) groups is 2. The van der Waals surface area contributed by atoms with Gasteiger partial charge in [0.2, 0.25) is 0 Å². The Morgan fingerprint density at radius 3 is 0.622 bits per heavy atom. The molecule has 4 aromatic rings. The molecule has 37 heavy (non-hydrogen) atoms. The second-order valence-electron chi connectivity index (χ2n) is 9.12. The van der Waals surface area contributed by atoms with E-state index in [0.29, 0.717) is 0 Å². The maximum atomic E-state index is 11.7. The third kappa shape index (κ3) is 3.36. The van der Waals surface area contributed by atoms with Gasteiger partial charge in [-0.25, -0.2) is 0 Å². The van der Waals surface area contributed by atoms with Crippen molar-refractivity contribution < 1.29 is 30.0 Å². The largest absolute Gasteiger partial charge is 0.289 e. The molecule has 2 nitrogen and oxygen atoms in total. The SMILES string of the molecule is O=C1C2=C(c3ccccc3)C1=C2c1ccccc1.O=C1C2=C(c3ccccc3)C1=C2c1ccccc1.[Pd]. The van der Waals surface area contributed by atoms with E-state index >= 15 is 0 Å². The van der Waals surface area contributed by atoms with Crippen molar-refractivity contribution >= 4 is 33.9 Å². The number of Topliss-reactive ketones (excluding diaryl/α,β-unsaturated/α-hetero) is 2. The molecule has 0 atom stereocenters. The molecule has 6 aliphatic carbocycles. The standard InChI is InChI=1S/2C17H10O.Pd/c2*18-17-15-13(11-7-3-1-4-8-11)16(17)14(15)12-9-5-2-6-10-12;/h2*1-10H;. The number of hydrogen-bond acceptors (Lipinski definition) is 2. The van der Waals surface area contributed by atoms with E-state index in [9.17, 15) is 9.59 Å². The van der Waals surface area contributed by atoms with Crippen LogP contribution in [0.3, 0.4) is 0 Å². The molecule has 4 bridgehead atoms. The Hall–Kier alpha value is -4.16. The fourth-order valence-electron chi connectivity index (χ4n) is 5.36. The van der Waals surface area contributed by atoms with Crippen molar-refractivity contribution in [2.75, 3.05) is 0 Å². The molecule has 0 fully saturated rings. The Labute approximate surface area is 229 Å². The topological polar surface area (TPSA) is 34.1 Å². The predicted molar refractivity (Wildman–Crippen MR) is 143 cm³/mol. The zero-order chi connectivity index (χ0) is 24.2. The van der Waals surface area contributed by atoms with Gasteiger partial charge in [-0.2, -0.15) is 0 Å². The average molecular weight is 567 g/mol. The molecular weight excluding hydrogens is 547 g/mol. The molecule has 0 unspecified atom stereocenters. The van der Waals surface area contributed by atoms with Crippen LogP contribution in [-0.4, -0.2) is 11.6 Å². The van der Waals surface area contributed by atoms with Crippen LogP contribution in [0.1, 0.15) is 22.3 Å². The van der Waals surface area contributed by atoms with Gasteiger partial charge in [0.25, 0.3) is 0 Å². The normalized spacial score (nSPS) is 16.1. The summed E-state index contributed by atoms with van der Waals surface area (Å²) in [7, 11) is 0. The van der Waals surface area contributed by atoms with Crippen LogP contribution in [-0.2, 0) is 30.0 Å². The summed E-state index contributed by atoms with van der Waals surface area (Å²) in [6, 6.07) is 40.5. The van der Waals surface area contributed by atoms with Crippen molar-refractivity contribution in [3.63, 3.8) is 0 Å². The third-order valence-corrected chi connectivity index (χ3v) is 7.16. The first-order valence-electron chi connectivity index (χ1n) is 12.1. The van der Waals surface area contributed by atoms with Crippen molar-refractivity contribution in [1.29, 1.82) is 0 Å². The Morgan fingerprint density at radius 2 is 0.459 bits per heavy atom. The minimum absolute atomic E-state index is 0. The number of rotatable bonds is 4. The Bertz CT molecular complexity index is 1430. The van der Waals surface area contributed by atoms with Crippen LogP contribution in [0.25, 0.3) is 22.3 Å². The van der Waals surface area contributed by atoms with Gasteiger partial charge in [-0.1, -0.05) is 121 Å². The van der Waals surface area contributed by atoms with Crippen LogP contribution >= 0.6 is 0 Å². The monoisotopic (exact) mass is 566 g/mol. The molecule has 0 aliphatic heterocycles. The van der Waals surface area contributed by atoms with E-state index in [1.165, 1.54) is 0 Å². The average Bonchev–Trinajstić information content (AvgIpc) is 2.89. The van der Waals surface area contributed by atoms with E-state index in [4.69, 9.17) is 0 Å². The smallest absolute Gasteiger partial charge is 0.195 e. The van der Waals surface area contributed by atoms with Crippen LogP contribution in [0.4, 0.5) is 0 Å². The number of carbonyl (C=O) groups excluding carboxylic acids is 2. The Balaban J connectivity index is 0.000000133. The van der Waals surface area contributed by atoms with Crippen molar-refractivity contribution in [2.45, 2.75) is 0 Å². The van der Waals surface area contributed by atoms with Gasteiger partial charge < -0.3 is 0 Å². The Kier molecular flexibility index (Phi) is 5.69. The van der Waals surface area contributed by atoms with Crippen molar-refractivity contribution in [3.05, 3.63) is 166 Å². The molecule has 4 aromatic carbocycles. The van der Waals surface area contributed by atoms with Crippen molar-refractivity contribution in [1.82, 2.24) is 0 Å². The maximum absolute atomic E-state index is 11.7. The molecule has 0 spiro atoms. The Morgan fingerprint density at radius 1 is 0.270 bits per heavy atom. The second kappa shape index (κ2) is 9.05. The fourth-order valence-corrected chi connectivity index (χ4v) is 5.36. The minimum Gasteiger partial charge on any atom is -0.289 e. The van der Waals surface area contributed by atoms with Gasteiger partial charge in [-0.3, -0.25) is 9.59 Å². The molecule has 10 rings (SSSR count). The van der Waals surface area contributed by atoms with Gasteiger partial charge in [0.05, 0.1) is 0 Å². The maximum Gasteiger partial charge on any atom is 0.195 e. The zero-order valence-electron chi connectivity index (χ0n) is 19.7. The summed E-state index contributed by atoms with van der Waals surface area (Å²) in [5, 5.41) is 0. The first-order valence-corrected chi connectivity index (χ1v) is 12.1. The van der Waals surface area contributed by atoms with E-state index in [1.54, 1.807) is 0 Å². The second-order valence-corrected chi connectivity index (χ2v) is 9.12. The summed E-state index contributed by atoms with van der Waals surface area (Å²) in [4.78, 5) is 23.5. The van der Waals surface area contributed by atoms with Crippen molar-refractivity contribution in [2.24, 2.45) is 0 Å². The number of ketones is 2. The molecule has 0 saturated heterocycles. The summed E-state index contributed by atoms with van der Waals surface area (Å²) < 4.78 is 0. The van der Waals surface area contributed by atoms with E-state index < -0.39 is 0 Å². The summed E-state index contributed by atoms with van der Waals surface area (Å²) >= 11 is 0.